The molecule has 0 bridgehead atoms. The molecule has 1 saturated carbocycles. The van der Waals surface area contributed by atoms with E-state index in [0.29, 0.717) is 19.0 Å². The summed E-state index contributed by atoms with van der Waals surface area (Å²) in [6.07, 6.45) is 3.96. The first-order chi connectivity index (χ1) is 11.0. The first-order valence-corrected chi connectivity index (χ1v) is 8.44. The zero-order valence-corrected chi connectivity index (χ0v) is 13.6. The summed E-state index contributed by atoms with van der Waals surface area (Å²) in [6.45, 7) is 1.73. The number of carbonyl (C=O) groups is 2. The SMILES string of the molecule is O=C(NCC1CC1)[C@@H]1CCCN(C(=O)c2ccc(F)cc2Cl)C1. The molecule has 4 nitrogen and oxygen atoms in total. The lowest BCUT2D eigenvalue weighted by Crippen LogP contribution is -2.45. The highest BCUT2D eigenvalue weighted by molar-refractivity contribution is 6.33. The first kappa shape index (κ1) is 16.2. The molecule has 23 heavy (non-hydrogen) atoms. The van der Waals surface area contributed by atoms with Gasteiger partial charge in [-0.25, -0.2) is 4.39 Å². The Morgan fingerprint density at radius 3 is 2.78 bits per heavy atom. The van der Waals surface area contributed by atoms with Crippen LogP contribution in [0.2, 0.25) is 5.02 Å². The molecular formula is C17H20ClFN2O2. The predicted molar refractivity (Wildman–Crippen MR) is 85.8 cm³/mol. The highest BCUT2D eigenvalue weighted by Gasteiger charge is 2.30. The van der Waals surface area contributed by atoms with Gasteiger partial charge in [-0.15, -0.1) is 0 Å². The minimum atomic E-state index is -0.470. The van der Waals surface area contributed by atoms with Crippen molar-refractivity contribution in [3.8, 4) is 0 Å². The number of rotatable bonds is 4. The van der Waals surface area contributed by atoms with Crippen molar-refractivity contribution in [2.45, 2.75) is 25.7 Å². The van der Waals surface area contributed by atoms with Gasteiger partial charge in [0.2, 0.25) is 5.91 Å². The van der Waals surface area contributed by atoms with E-state index in [1.807, 2.05) is 0 Å². The molecule has 1 N–H and O–H groups in total. The maximum atomic E-state index is 13.1. The highest BCUT2D eigenvalue weighted by Crippen LogP contribution is 2.28. The van der Waals surface area contributed by atoms with Crippen molar-refractivity contribution in [3.63, 3.8) is 0 Å². The van der Waals surface area contributed by atoms with Crippen LogP contribution in [0.25, 0.3) is 0 Å². The second kappa shape index (κ2) is 6.87. The molecule has 1 aliphatic carbocycles. The van der Waals surface area contributed by atoms with Crippen LogP contribution in [-0.2, 0) is 4.79 Å². The highest BCUT2D eigenvalue weighted by atomic mass is 35.5. The molecule has 1 aromatic rings. The molecule has 6 heteroatoms. The summed E-state index contributed by atoms with van der Waals surface area (Å²) in [5.74, 6) is -0.221. The standard InChI is InChI=1S/C17H20ClFN2O2/c18-15-8-13(19)5-6-14(15)17(23)21-7-1-2-12(10-21)16(22)20-9-11-3-4-11/h5-6,8,11-12H,1-4,7,9-10H2,(H,20,22)/t12-/m1/s1. The third-order valence-corrected chi connectivity index (χ3v) is 4.82. The number of nitrogens with zero attached hydrogens (tertiary/aromatic N) is 1. The van der Waals surface area contributed by atoms with Crippen LogP contribution in [0.15, 0.2) is 18.2 Å². The van der Waals surface area contributed by atoms with Gasteiger partial charge in [0.05, 0.1) is 16.5 Å². The van der Waals surface area contributed by atoms with Gasteiger partial charge in [-0.3, -0.25) is 9.59 Å². The predicted octanol–water partition coefficient (Wildman–Crippen LogP) is 2.86. The molecule has 124 valence electrons. The van der Waals surface area contributed by atoms with Crippen molar-refractivity contribution in [2.75, 3.05) is 19.6 Å². The molecule has 2 aliphatic rings. The molecule has 2 amide bonds. The number of nitrogens with one attached hydrogen (secondary N) is 1. The smallest absolute Gasteiger partial charge is 0.255 e. The van der Waals surface area contributed by atoms with E-state index in [-0.39, 0.29) is 28.3 Å². The summed E-state index contributed by atoms with van der Waals surface area (Å²) in [5, 5.41) is 3.09. The van der Waals surface area contributed by atoms with Gasteiger partial charge in [0, 0.05) is 19.6 Å². The Hall–Kier alpha value is -1.62. The number of hydrogen-bond donors (Lipinski definition) is 1. The van der Waals surface area contributed by atoms with Crippen LogP contribution in [0.3, 0.4) is 0 Å². The zero-order valence-electron chi connectivity index (χ0n) is 12.9. The number of hydrogen-bond acceptors (Lipinski definition) is 2. The molecule has 1 aliphatic heterocycles. The Morgan fingerprint density at radius 1 is 1.30 bits per heavy atom. The van der Waals surface area contributed by atoms with E-state index >= 15 is 0 Å². The Bertz CT molecular complexity index is 619. The molecule has 1 saturated heterocycles. The molecule has 0 radical (unpaired) electrons. The number of amides is 2. The van der Waals surface area contributed by atoms with E-state index < -0.39 is 5.82 Å². The Morgan fingerprint density at radius 2 is 2.09 bits per heavy atom. The quantitative estimate of drug-likeness (QED) is 0.917. The van der Waals surface area contributed by atoms with E-state index in [1.165, 1.54) is 25.0 Å². The van der Waals surface area contributed by atoms with Gasteiger partial charge in [-0.05, 0) is 49.8 Å². The summed E-state index contributed by atoms with van der Waals surface area (Å²) in [7, 11) is 0. The molecule has 1 atom stereocenters. The van der Waals surface area contributed by atoms with Gasteiger partial charge in [0.15, 0.2) is 0 Å². The van der Waals surface area contributed by atoms with Crippen molar-refractivity contribution < 1.29 is 14.0 Å². The molecule has 0 spiro atoms. The number of carbonyl (C=O) groups excluding carboxylic acids is 2. The van der Waals surface area contributed by atoms with Gasteiger partial charge in [0.25, 0.3) is 5.91 Å². The van der Waals surface area contributed by atoms with Gasteiger partial charge >= 0.3 is 0 Å². The average Bonchev–Trinajstić information content (AvgIpc) is 3.36. The largest absolute Gasteiger partial charge is 0.356 e. The second-order valence-electron chi connectivity index (χ2n) is 6.40. The van der Waals surface area contributed by atoms with Crippen LogP contribution in [0.5, 0.6) is 0 Å². The van der Waals surface area contributed by atoms with Crippen molar-refractivity contribution in [2.24, 2.45) is 11.8 Å². The first-order valence-electron chi connectivity index (χ1n) is 8.06. The Kier molecular flexibility index (Phi) is 4.85. The summed E-state index contributed by atoms with van der Waals surface area (Å²) >= 11 is 5.97. The van der Waals surface area contributed by atoms with Gasteiger partial charge in [-0.1, -0.05) is 11.6 Å². The molecule has 0 unspecified atom stereocenters. The van der Waals surface area contributed by atoms with Crippen molar-refractivity contribution in [1.82, 2.24) is 10.2 Å². The lowest BCUT2D eigenvalue weighted by molar-refractivity contribution is -0.126. The fourth-order valence-corrected chi connectivity index (χ4v) is 3.17. The minimum absolute atomic E-state index is 0.0274. The maximum Gasteiger partial charge on any atom is 0.255 e. The third-order valence-electron chi connectivity index (χ3n) is 4.50. The lowest BCUT2D eigenvalue weighted by atomic mass is 9.96. The lowest BCUT2D eigenvalue weighted by Gasteiger charge is -2.32. The van der Waals surface area contributed by atoms with Gasteiger partial charge < -0.3 is 10.2 Å². The van der Waals surface area contributed by atoms with E-state index in [2.05, 4.69) is 5.32 Å². The molecular weight excluding hydrogens is 319 g/mol. The number of piperidine rings is 1. The zero-order chi connectivity index (χ0) is 16.4. The summed E-state index contributed by atoms with van der Waals surface area (Å²) in [5.41, 5.74) is 0.284. The summed E-state index contributed by atoms with van der Waals surface area (Å²) < 4.78 is 13.1. The number of likely N-dealkylation sites (tertiary alicyclic amines) is 1. The molecule has 0 aromatic heterocycles. The number of halogens is 2. The van der Waals surface area contributed by atoms with Crippen LogP contribution in [0.1, 0.15) is 36.0 Å². The van der Waals surface area contributed by atoms with Gasteiger partial charge in [-0.2, -0.15) is 0 Å². The fourth-order valence-electron chi connectivity index (χ4n) is 2.92. The fraction of sp³-hybridized carbons (Fsp3) is 0.529. The summed E-state index contributed by atoms with van der Waals surface area (Å²) in [4.78, 5) is 26.4. The normalized spacial score (nSPS) is 21.1. The van der Waals surface area contributed by atoms with Crippen LogP contribution in [0.4, 0.5) is 4.39 Å². The summed E-state index contributed by atoms with van der Waals surface area (Å²) in [6, 6.07) is 3.76. The molecule has 1 heterocycles. The second-order valence-corrected chi connectivity index (χ2v) is 6.81. The monoisotopic (exact) mass is 338 g/mol. The number of benzene rings is 1. The molecule has 3 rings (SSSR count). The van der Waals surface area contributed by atoms with Crippen molar-refractivity contribution >= 4 is 23.4 Å². The van der Waals surface area contributed by atoms with Crippen molar-refractivity contribution in [1.29, 1.82) is 0 Å². The molecule has 2 fully saturated rings. The third kappa shape index (κ3) is 4.02. The van der Waals surface area contributed by atoms with E-state index in [1.54, 1.807) is 4.90 Å². The Labute approximate surface area is 140 Å². The molecule has 1 aromatic carbocycles. The van der Waals surface area contributed by atoms with E-state index in [9.17, 15) is 14.0 Å². The Balaban J connectivity index is 1.62. The van der Waals surface area contributed by atoms with Crippen molar-refractivity contribution in [3.05, 3.63) is 34.6 Å². The minimum Gasteiger partial charge on any atom is -0.356 e. The van der Waals surface area contributed by atoms with Gasteiger partial charge in [0.1, 0.15) is 5.82 Å². The van der Waals surface area contributed by atoms with Crippen LogP contribution < -0.4 is 5.32 Å². The van der Waals surface area contributed by atoms with Crippen LogP contribution in [-0.4, -0.2) is 36.3 Å². The van der Waals surface area contributed by atoms with E-state index in [0.717, 1.165) is 25.5 Å². The van der Waals surface area contributed by atoms with Crippen LogP contribution in [0, 0.1) is 17.7 Å². The topological polar surface area (TPSA) is 49.4 Å². The maximum absolute atomic E-state index is 13.1. The average molecular weight is 339 g/mol. The van der Waals surface area contributed by atoms with E-state index in [4.69, 9.17) is 11.6 Å². The van der Waals surface area contributed by atoms with Crippen LogP contribution >= 0.6 is 11.6 Å².